The number of carboxylic acid groups (broad SMARTS) is 1. The topological polar surface area (TPSA) is 66.8 Å². The molecule has 0 radical (unpaired) electrons. The smallest absolute Gasteiger partial charge is 0.335 e. The van der Waals surface area contributed by atoms with E-state index < -0.39 is 5.97 Å². The van der Waals surface area contributed by atoms with Crippen LogP contribution in [-0.2, 0) is 4.79 Å². The van der Waals surface area contributed by atoms with E-state index in [9.17, 15) is 9.59 Å². The molecule has 0 fully saturated rings. The molecule has 1 rings (SSSR count). The van der Waals surface area contributed by atoms with E-state index in [-0.39, 0.29) is 30.2 Å². The SMILES string of the molecule is CC(C)N(C(=O)COc1cc(C(=O)O)ccc1Br)C(C)C. The van der Waals surface area contributed by atoms with Gasteiger partial charge in [-0.15, -0.1) is 0 Å². The summed E-state index contributed by atoms with van der Waals surface area (Å²) in [5, 5.41) is 8.97. The lowest BCUT2D eigenvalue weighted by molar-refractivity contribution is -0.137. The van der Waals surface area contributed by atoms with Gasteiger partial charge in [-0.1, -0.05) is 0 Å². The number of nitrogens with zero attached hydrogens (tertiary/aromatic N) is 1. The zero-order valence-corrected chi connectivity index (χ0v) is 14.2. The van der Waals surface area contributed by atoms with Gasteiger partial charge in [0.15, 0.2) is 6.61 Å². The van der Waals surface area contributed by atoms with Gasteiger partial charge in [0.1, 0.15) is 5.75 Å². The Morgan fingerprint density at radius 1 is 1.24 bits per heavy atom. The van der Waals surface area contributed by atoms with Gasteiger partial charge in [-0.25, -0.2) is 4.79 Å². The van der Waals surface area contributed by atoms with Crippen LogP contribution in [0.5, 0.6) is 5.75 Å². The molecule has 0 unspecified atom stereocenters. The first-order valence-electron chi connectivity index (χ1n) is 6.70. The number of halogens is 1. The first-order chi connectivity index (χ1) is 9.73. The summed E-state index contributed by atoms with van der Waals surface area (Å²) in [5.74, 6) is -0.826. The normalized spacial score (nSPS) is 10.8. The highest BCUT2D eigenvalue weighted by atomic mass is 79.9. The van der Waals surface area contributed by atoms with Crippen molar-refractivity contribution in [3.05, 3.63) is 28.2 Å². The fourth-order valence-electron chi connectivity index (χ4n) is 2.13. The molecule has 0 bridgehead atoms. The molecule has 0 heterocycles. The minimum Gasteiger partial charge on any atom is -0.483 e. The minimum atomic E-state index is -1.04. The van der Waals surface area contributed by atoms with Crippen molar-refractivity contribution in [2.45, 2.75) is 39.8 Å². The van der Waals surface area contributed by atoms with Crippen molar-refractivity contribution in [2.24, 2.45) is 0 Å². The Balaban J connectivity index is 2.81. The molecule has 0 aliphatic heterocycles. The van der Waals surface area contributed by atoms with Crippen LogP contribution in [0.15, 0.2) is 22.7 Å². The second-order valence-electron chi connectivity index (χ2n) is 5.23. The monoisotopic (exact) mass is 357 g/mol. The first kappa shape index (κ1) is 17.5. The van der Waals surface area contributed by atoms with Crippen molar-refractivity contribution in [3.8, 4) is 5.75 Å². The van der Waals surface area contributed by atoms with E-state index >= 15 is 0 Å². The van der Waals surface area contributed by atoms with Crippen LogP contribution in [-0.4, -0.2) is 40.6 Å². The molecule has 21 heavy (non-hydrogen) atoms. The van der Waals surface area contributed by atoms with E-state index in [4.69, 9.17) is 9.84 Å². The summed E-state index contributed by atoms with van der Waals surface area (Å²) < 4.78 is 6.08. The number of hydrogen-bond acceptors (Lipinski definition) is 3. The summed E-state index contributed by atoms with van der Waals surface area (Å²) in [6, 6.07) is 4.61. The van der Waals surface area contributed by atoms with Crippen LogP contribution >= 0.6 is 15.9 Å². The average Bonchev–Trinajstić information content (AvgIpc) is 2.36. The van der Waals surface area contributed by atoms with Crippen molar-refractivity contribution in [1.82, 2.24) is 4.90 Å². The van der Waals surface area contributed by atoms with Gasteiger partial charge < -0.3 is 14.7 Å². The van der Waals surface area contributed by atoms with Gasteiger partial charge in [-0.2, -0.15) is 0 Å². The molecule has 0 saturated carbocycles. The number of amides is 1. The van der Waals surface area contributed by atoms with E-state index in [0.29, 0.717) is 10.2 Å². The molecule has 0 saturated heterocycles. The Hall–Kier alpha value is -1.56. The molecule has 0 aliphatic rings. The molecular weight excluding hydrogens is 338 g/mol. The minimum absolute atomic E-state index is 0.0786. The lowest BCUT2D eigenvalue weighted by atomic mass is 10.2. The number of rotatable bonds is 6. The van der Waals surface area contributed by atoms with Gasteiger partial charge in [-0.3, -0.25) is 4.79 Å². The lowest BCUT2D eigenvalue weighted by Gasteiger charge is -2.30. The predicted molar refractivity (Wildman–Crippen MR) is 83.7 cm³/mol. The van der Waals surface area contributed by atoms with Gasteiger partial charge in [0, 0.05) is 12.1 Å². The molecule has 6 heteroatoms. The van der Waals surface area contributed by atoms with Gasteiger partial charge in [0.2, 0.25) is 0 Å². The maximum absolute atomic E-state index is 12.2. The summed E-state index contributed by atoms with van der Waals surface area (Å²) in [4.78, 5) is 24.9. The Morgan fingerprint density at radius 3 is 2.29 bits per heavy atom. The highest BCUT2D eigenvalue weighted by Crippen LogP contribution is 2.26. The molecule has 0 atom stereocenters. The summed E-state index contributed by atoms with van der Waals surface area (Å²) in [5.41, 5.74) is 0.116. The third-order valence-electron chi connectivity index (χ3n) is 2.93. The maximum Gasteiger partial charge on any atom is 0.335 e. The predicted octanol–water partition coefficient (Wildman–Crippen LogP) is 3.17. The zero-order chi connectivity index (χ0) is 16.2. The van der Waals surface area contributed by atoms with E-state index in [1.54, 1.807) is 11.0 Å². The lowest BCUT2D eigenvalue weighted by Crippen LogP contribution is -2.44. The van der Waals surface area contributed by atoms with Crippen molar-refractivity contribution in [2.75, 3.05) is 6.61 Å². The molecule has 116 valence electrons. The van der Waals surface area contributed by atoms with E-state index in [1.165, 1.54) is 12.1 Å². The Labute approximate surface area is 133 Å². The highest BCUT2D eigenvalue weighted by molar-refractivity contribution is 9.10. The van der Waals surface area contributed by atoms with Crippen LogP contribution in [0.1, 0.15) is 38.1 Å². The molecular formula is C15H20BrNO4. The molecule has 0 aliphatic carbocycles. The van der Waals surface area contributed by atoms with Crippen molar-refractivity contribution >= 4 is 27.8 Å². The van der Waals surface area contributed by atoms with Crippen LogP contribution in [0, 0.1) is 0 Å². The molecule has 1 N–H and O–H groups in total. The molecule has 0 aromatic heterocycles. The fraction of sp³-hybridized carbons (Fsp3) is 0.467. The van der Waals surface area contributed by atoms with Crippen molar-refractivity contribution in [3.63, 3.8) is 0 Å². The summed E-state index contributed by atoms with van der Waals surface area (Å²) >= 11 is 3.28. The van der Waals surface area contributed by atoms with Crippen LogP contribution in [0.3, 0.4) is 0 Å². The van der Waals surface area contributed by atoms with E-state index in [1.807, 2.05) is 27.7 Å². The zero-order valence-electron chi connectivity index (χ0n) is 12.6. The second-order valence-corrected chi connectivity index (χ2v) is 6.08. The van der Waals surface area contributed by atoms with Crippen LogP contribution in [0.25, 0.3) is 0 Å². The molecule has 1 aromatic rings. The Bertz CT molecular complexity index is 520. The Kier molecular flexibility index (Phi) is 6.20. The van der Waals surface area contributed by atoms with E-state index in [0.717, 1.165) is 0 Å². The van der Waals surface area contributed by atoms with E-state index in [2.05, 4.69) is 15.9 Å². The molecule has 1 amide bonds. The molecule has 0 spiro atoms. The van der Waals surface area contributed by atoms with Crippen molar-refractivity contribution in [1.29, 1.82) is 0 Å². The number of carbonyl (C=O) groups excluding carboxylic acids is 1. The number of benzene rings is 1. The second kappa shape index (κ2) is 7.45. The van der Waals surface area contributed by atoms with Crippen LogP contribution in [0.2, 0.25) is 0 Å². The summed E-state index contributed by atoms with van der Waals surface area (Å²) in [6.07, 6.45) is 0. The standard InChI is InChI=1S/C15H20BrNO4/c1-9(2)17(10(3)4)14(18)8-21-13-7-11(15(19)20)5-6-12(13)16/h5-7,9-10H,8H2,1-4H3,(H,19,20). The quantitative estimate of drug-likeness (QED) is 0.848. The first-order valence-corrected chi connectivity index (χ1v) is 7.50. The highest BCUT2D eigenvalue weighted by Gasteiger charge is 2.20. The number of hydrogen-bond donors (Lipinski definition) is 1. The number of aromatic carboxylic acids is 1. The van der Waals surface area contributed by atoms with Gasteiger partial charge in [-0.05, 0) is 61.8 Å². The van der Waals surface area contributed by atoms with Crippen LogP contribution < -0.4 is 4.74 Å². The van der Waals surface area contributed by atoms with Crippen molar-refractivity contribution < 1.29 is 19.4 Å². The number of carboxylic acids is 1. The number of carbonyl (C=O) groups is 2. The van der Waals surface area contributed by atoms with Gasteiger partial charge in [0.25, 0.3) is 5.91 Å². The van der Waals surface area contributed by atoms with Gasteiger partial charge >= 0.3 is 5.97 Å². The number of ether oxygens (including phenoxy) is 1. The third-order valence-corrected chi connectivity index (χ3v) is 3.59. The fourth-order valence-corrected chi connectivity index (χ4v) is 2.49. The third kappa shape index (κ3) is 4.74. The molecule has 5 nitrogen and oxygen atoms in total. The molecule has 1 aromatic carbocycles. The summed E-state index contributed by atoms with van der Waals surface area (Å²) in [6.45, 7) is 7.65. The maximum atomic E-state index is 12.2. The van der Waals surface area contributed by atoms with Gasteiger partial charge in [0.05, 0.1) is 10.0 Å². The van der Waals surface area contributed by atoms with Crippen LogP contribution in [0.4, 0.5) is 0 Å². The largest absolute Gasteiger partial charge is 0.483 e. The average molecular weight is 358 g/mol. The summed E-state index contributed by atoms with van der Waals surface area (Å²) in [7, 11) is 0. The Morgan fingerprint density at radius 2 is 1.81 bits per heavy atom.